The van der Waals surface area contributed by atoms with Crippen LogP contribution in [0.15, 0.2) is 0 Å². The van der Waals surface area contributed by atoms with E-state index in [9.17, 15) is 21.6 Å². The number of nitrogens with zero attached hydrogens (tertiary/aromatic N) is 5. The van der Waals surface area contributed by atoms with Crippen molar-refractivity contribution in [1.29, 1.82) is 0 Å². The van der Waals surface area contributed by atoms with Gasteiger partial charge in [0.2, 0.25) is 15.9 Å². The Morgan fingerprint density at radius 1 is 1.00 bits per heavy atom. The van der Waals surface area contributed by atoms with Crippen molar-refractivity contribution in [1.82, 2.24) is 19.0 Å². The van der Waals surface area contributed by atoms with Crippen LogP contribution >= 0.6 is 0 Å². The minimum absolute atomic E-state index is 0.104. The normalized spacial score (nSPS) is 25.4. The van der Waals surface area contributed by atoms with Crippen LogP contribution in [0.2, 0.25) is 0 Å². The number of piperidine rings is 1. The van der Waals surface area contributed by atoms with Gasteiger partial charge in [-0.2, -0.15) is 5.10 Å². The maximum Gasteiger partial charge on any atom is 0.225 e. The molecule has 0 saturated carbocycles. The second kappa shape index (κ2) is 8.60. The molecule has 1 atom stereocenters. The first-order valence-corrected chi connectivity index (χ1v) is 14.9. The van der Waals surface area contributed by atoms with Crippen LogP contribution in [0.1, 0.15) is 36.7 Å². The molecule has 4 heterocycles. The third kappa shape index (κ3) is 4.67. The quantitative estimate of drug-likeness (QED) is 0.595. The van der Waals surface area contributed by atoms with Crippen LogP contribution < -0.4 is 4.90 Å². The zero-order valence-electron chi connectivity index (χ0n) is 19.0. The minimum Gasteiger partial charge on any atom is -0.365 e. The van der Waals surface area contributed by atoms with Gasteiger partial charge in [0.25, 0.3) is 0 Å². The molecule has 1 aromatic heterocycles. The van der Waals surface area contributed by atoms with E-state index in [1.54, 1.807) is 0 Å². The van der Waals surface area contributed by atoms with Crippen molar-refractivity contribution in [2.45, 2.75) is 39.2 Å². The van der Waals surface area contributed by atoms with Crippen LogP contribution in [0.3, 0.4) is 0 Å². The van der Waals surface area contributed by atoms with Gasteiger partial charge in [-0.15, -0.1) is 0 Å². The Balaban J connectivity index is 1.37. The van der Waals surface area contributed by atoms with Crippen LogP contribution in [-0.2, 0) is 24.7 Å². The number of aryl methyl sites for hydroxylation is 1. The second-order valence-electron chi connectivity index (χ2n) is 9.27. The molecular formula is C20H33N5O5S2. The van der Waals surface area contributed by atoms with Crippen molar-refractivity contribution < 1.29 is 21.6 Å². The fourth-order valence-electron chi connectivity index (χ4n) is 5.28. The van der Waals surface area contributed by atoms with Crippen molar-refractivity contribution in [3.63, 3.8) is 0 Å². The van der Waals surface area contributed by atoms with Gasteiger partial charge in [0.1, 0.15) is 0 Å². The van der Waals surface area contributed by atoms with E-state index >= 15 is 0 Å². The average molecular weight is 488 g/mol. The Kier molecular flexibility index (Phi) is 6.32. The van der Waals surface area contributed by atoms with E-state index in [-0.39, 0.29) is 29.4 Å². The first kappa shape index (κ1) is 23.5. The zero-order chi connectivity index (χ0) is 23.3. The van der Waals surface area contributed by atoms with Crippen LogP contribution in [0.25, 0.3) is 0 Å². The van der Waals surface area contributed by atoms with Crippen molar-refractivity contribution in [2.75, 3.05) is 61.9 Å². The third-order valence-electron chi connectivity index (χ3n) is 7.02. The van der Waals surface area contributed by atoms with Crippen LogP contribution in [0.4, 0.5) is 5.69 Å². The molecule has 1 unspecified atom stereocenters. The van der Waals surface area contributed by atoms with Crippen molar-refractivity contribution >= 4 is 31.5 Å². The monoisotopic (exact) mass is 487 g/mol. The highest BCUT2D eigenvalue weighted by Gasteiger charge is 2.35. The summed E-state index contributed by atoms with van der Waals surface area (Å²) in [5.41, 5.74) is 2.92. The van der Waals surface area contributed by atoms with Gasteiger partial charge < -0.3 is 9.80 Å². The molecule has 12 heteroatoms. The summed E-state index contributed by atoms with van der Waals surface area (Å²) in [6.45, 7) is 7.39. The highest BCUT2D eigenvalue weighted by atomic mass is 32.2. The first-order valence-electron chi connectivity index (χ1n) is 11.2. The summed E-state index contributed by atoms with van der Waals surface area (Å²) in [4.78, 5) is 17.1. The molecule has 3 saturated heterocycles. The molecule has 0 N–H and O–H groups in total. The standard InChI is InChI=1S/C20H33N5O5S2/c1-15-19(16(2)25(21-15)18-6-13-32(29,30)14-18)22-9-11-23(12-10-22)20(26)17-4-7-24(8-5-17)31(3,27)28/h17-18H,4-14H2,1-3H3. The lowest BCUT2D eigenvalue weighted by atomic mass is 9.96. The number of hydrogen-bond acceptors (Lipinski definition) is 7. The van der Waals surface area contributed by atoms with Crippen molar-refractivity contribution in [2.24, 2.45) is 5.92 Å². The molecule has 0 aromatic carbocycles. The number of sulfonamides is 1. The number of hydrogen-bond donors (Lipinski definition) is 0. The van der Waals surface area contributed by atoms with E-state index in [0.29, 0.717) is 58.5 Å². The van der Waals surface area contributed by atoms with E-state index in [4.69, 9.17) is 0 Å². The van der Waals surface area contributed by atoms with Crippen molar-refractivity contribution in [3.8, 4) is 0 Å². The molecule has 0 bridgehead atoms. The van der Waals surface area contributed by atoms with E-state index < -0.39 is 19.9 Å². The maximum absolute atomic E-state index is 13.0. The second-order valence-corrected chi connectivity index (χ2v) is 13.5. The molecule has 0 aliphatic carbocycles. The number of carbonyl (C=O) groups excluding carboxylic acids is 1. The number of piperazine rings is 1. The number of anilines is 1. The zero-order valence-corrected chi connectivity index (χ0v) is 20.7. The highest BCUT2D eigenvalue weighted by Crippen LogP contribution is 2.32. The van der Waals surface area contributed by atoms with E-state index in [0.717, 1.165) is 17.1 Å². The molecule has 4 rings (SSSR count). The average Bonchev–Trinajstić information content (AvgIpc) is 3.25. The summed E-state index contributed by atoms with van der Waals surface area (Å²) in [6.07, 6.45) is 2.96. The number of rotatable bonds is 4. The maximum atomic E-state index is 13.0. The van der Waals surface area contributed by atoms with Gasteiger partial charge in [-0.3, -0.25) is 9.48 Å². The van der Waals surface area contributed by atoms with Crippen LogP contribution in [-0.4, -0.2) is 98.8 Å². The number of amides is 1. The Morgan fingerprint density at radius 2 is 1.62 bits per heavy atom. The molecule has 1 aromatic rings. The molecule has 0 radical (unpaired) electrons. The van der Waals surface area contributed by atoms with E-state index in [1.165, 1.54) is 10.6 Å². The lowest BCUT2D eigenvalue weighted by Gasteiger charge is -2.39. The van der Waals surface area contributed by atoms with Gasteiger partial charge in [-0.05, 0) is 33.1 Å². The summed E-state index contributed by atoms with van der Waals surface area (Å²) in [6, 6.07) is -0.104. The smallest absolute Gasteiger partial charge is 0.225 e. The van der Waals surface area contributed by atoms with Gasteiger partial charge in [-0.1, -0.05) is 0 Å². The number of carbonyl (C=O) groups is 1. The largest absolute Gasteiger partial charge is 0.365 e. The minimum atomic E-state index is -3.20. The Hall–Kier alpha value is -1.66. The summed E-state index contributed by atoms with van der Waals surface area (Å²) in [5.74, 6) is 0.373. The molecule has 3 aliphatic rings. The molecular weight excluding hydrogens is 454 g/mol. The Bertz CT molecular complexity index is 1080. The van der Waals surface area contributed by atoms with Gasteiger partial charge >= 0.3 is 0 Å². The fourth-order valence-corrected chi connectivity index (χ4v) is 7.84. The first-order chi connectivity index (χ1) is 15.0. The van der Waals surface area contributed by atoms with E-state index in [2.05, 4.69) is 10.00 Å². The lowest BCUT2D eigenvalue weighted by molar-refractivity contribution is -0.137. The predicted octanol–water partition coefficient (Wildman–Crippen LogP) is 0.180. The van der Waals surface area contributed by atoms with Crippen LogP contribution in [0.5, 0.6) is 0 Å². The molecule has 3 aliphatic heterocycles. The number of aromatic nitrogens is 2. The molecule has 3 fully saturated rings. The summed E-state index contributed by atoms with van der Waals surface area (Å²) < 4.78 is 50.5. The molecule has 10 nitrogen and oxygen atoms in total. The Morgan fingerprint density at radius 3 is 2.16 bits per heavy atom. The molecule has 32 heavy (non-hydrogen) atoms. The SMILES string of the molecule is Cc1nn(C2CCS(=O)(=O)C2)c(C)c1N1CCN(C(=O)C2CCN(S(C)(=O)=O)CC2)CC1. The fraction of sp³-hybridized carbons (Fsp3) is 0.800. The van der Waals surface area contributed by atoms with Gasteiger partial charge in [0, 0.05) is 45.2 Å². The summed E-state index contributed by atoms with van der Waals surface area (Å²) in [7, 11) is -6.18. The third-order valence-corrected chi connectivity index (χ3v) is 10.1. The van der Waals surface area contributed by atoms with Gasteiger partial charge in [0.15, 0.2) is 9.84 Å². The van der Waals surface area contributed by atoms with Crippen molar-refractivity contribution in [3.05, 3.63) is 11.4 Å². The number of sulfone groups is 1. The Labute approximate surface area is 190 Å². The predicted molar refractivity (Wildman–Crippen MR) is 122 cm³/mol. The highest BCUT2D eigenvalue weighted by molar-refractivity contribution is 7.91. The topological polar surface area (TPSA) is 113 Å². The van der Waals surface area contributed by atoms with E-state index in [1.807, 2.05) is 23.4 Å². The van der Waals surface area contributed by atoms with Gasteiger partial charge in [-0.25, -0.2) is 21.1 Å². The van der Waals surface area contributed by atoms with Crippen LogP contribution in [0, 0.1) is 19.8 Å². The molecule has 0 spiro atoms. The summed E-state index contributed by atoms with van der Waals surface area (Å²) in [5, 5.41) is 4.66. The lowest BCUT2D eigenvalue weighted by Crippen LogP contribution is -2.52. The molecule has 1 amide bonds. The molecule has 180 valence electrons. The van der Waals surface area contributed by atoms with Gasteiger partial charge in [0.05, 0.1) is 40.9 Å². The summed E-state index contributed by atoms with van der Waals surface area (Å²) >= 11 is 0.